The molecule has 1 amide bonds. The summed E-state index contributed by atoms with van der Waals surface area (Å²) in [6.45, 7) is 1.50. The quantitative estimate of drug-likeness (QED) is 0.827. The molecule has 4 heterocycles. The second-order valence-electron chi connectivity index (χ2n) is 6.93. The Kier molecular flexibility index (Phi) is 4.50. The number of hydrogen-bond donors (Lipinski definition) is 0. The third-order valence-corrected chi connectivity index (χ3v) is 7.16. The van der Waals surface area contributed by atoms with Crippen LogP contribution in [0.25, 0.3) is 0 Å². The molecule has 0 aliphatic carbocycles. The zero-order chi connectivity index (χ0) is 18.1. The largest absolute Gasteiger partial charge is 0.337 e. The van der Waals surface area contributed by atoms with E-state index in [-0.39, 0.29) is 17.9 Å². The summed E-state index contributed by atoms with van der Waals surface area (Å²) in [5.41, 5.74) is 0.596. The van der Waals surface area contributed by atoms with Gasteiger partial charge in [-0.1, -0.05) is 18.2 Å². The fourth-order valence-corrected chi connectivity index (χ4v) is 5.65. The minimum absolute atomic E-state index is 0.0525. The lowest BCUT2D eigenvalue weighted by Gasteiger charge is -2.34. The predicted octanol–water partition coefficient (Wildman–Crippen LogP) is 2.01. The standard InChI is InChI=1S/C19H21N3O3S/c23-19(16-8-10-20-11-9-16)21-12-15-6-7-17(14-21)22(13-15)26(24,25)18-4-2-1-3-5-18/h1-5,8-11,15,17H,6-7,12-14H2/t15-,17+/m1/s1. The first-order chi connectivity index (χ1) is 12.6. The van der Waals surface area contributed by atoms with E-state index in [2.05, 4.69) is 4.98 Å². The maximum atomic E-state index is 13.1. The number of piperidine rings is 1. The molecule has 6 nitrogen and oxygen atoms in total. The number of benzene rings is 1. The first-order valence-electron chi connectivity index (χ1n) is 8.82. The molecule has 0 saturated carbocycles. The number of rotatable bonds is 3. The maximum Gasteiger partial charge on any atom is 0.254 e. The average Bonchev–Trinajstić information content (AvgIpc) is 3.01. The van der Waals surface area contributed by atoms with Gasteiger partial charge in [0.25, 0.3) is 5.91 Å². The number of carbonyl (C=O) groups excluding carboxylic acids is 1. The van der Waals surface area contributed by atoms with E-state index in [1.54, 1.807) is 58.0 Å². The topological polar surface area (TPSA) is 70.6 Å². The minimum Gasteiger partial charge on any atom is -0.337 e. The lowest BCUT2D eigenvalue weighted by Crippen LogP contribution is -2.47. The van der Waals surface area contributed by atoms with Crippen LogP contribution in [0.3, 0.4) is 0 Å². The van der Waals surface area contributed by atoms with Gasteiger partial charge in [0.1, 0.15) is 0 Å². The molecule has 1 aromatic carbocycles. The van der Waals surface area contributed by atoms with Gasteiger partial charge in [-0.3, -0.25) is 9.78 Å². The van der Waals surface area contributed by atoms with Crippen molar-refractivity contribution in [1.29, 1.82) is 0 Å². The van der Waals surface area contributed by atoms with Crippen LogP contribution in [-0.4, -0.2) is 54.2 Å². The van der Waals surface area contributed by atoms with Crippen molar-refractivity contribution in [2.45, 2.75) is 23.8 Å². The fraction of sp³-hybridized carbons (Fsp3) is 0.368. The summed E-state index contributed by atoms with van der Waals surface area (Å²) in [6, 6.07) is 11.8. The van der Waals surface area contributed by atoms with E-state index in [0.717, 1.165) is 12.8 Å². The molecular weight excluding hydrogens is 350 g/mol. The zero-order valence-electron chi connectivity index (χ0n) is 14.4. The first-order valence-corrected chi connectivity index (χ1v) is 10.3. The molecule has 5 rings (SSSR count). The van der Waals surface area contributed by atoms with Crippen LogP contribution in [0.1, 0.15) is 23.2 Å². The summed E-state index contributed by atoms with van der Waals surface area (Å²) in [6.07, 6.45) is 4.94. The van der Waals surface area contributed by atoms with Crippen LogP contribution in [0.5, 0.6) is 0 Å². The molecule has 2 bridgehead atoms. The molecule has 0 N–H and O–H groups in total. The number of sulfonamides is 1. The highest BCUT2D eigenvalue weighted by Gasteiger charge is 2.42. The summed E-state index contributed by atoms with van der Waals surface area (Å²) in [5, 5.41) is 0. The highest BCUT2D eigenvalue weighted by Crippen LogP contribution is 2.32. The van der Waals surface area contributed by atoms with Gasteiger partial charge < -0.3 is 4.90 Å². The van der Waals surface area contributed by atoms with Crippen LogP contribution in [0.2, 0.25) is 0 Å². The van der Waals surface area contributed by atoms with Gasteiger partial charge in [-0.25, -0.2) is 8.42 Å². The Labute approximate surface area is 153 Å². The summed E-state index contributed by atoms with van der Waals surface area (Å²) < 4.78 is 27.8. The van der Waals surface area contributed by atoms with Gasteiger partial charge in [0, 0.05) is 43.6 Å². The van der Waals surface area contributed by atoms with E-state index in [1.807, 2.05) is 6.07 Å². The molecule has 26 heavy (non-hydrogen) atoms. The van der Waals surface area contributed by atoms with E-state index in [0.29, 0.717) is 30.1 Å². The van der Waals surface area contributed by atoms with Gasteiger partial charge in [-0.2, -0.15) is 4.31 Å². The first kappa shape index (κ1) is 17.2. The molecule has 0 spiro atoms. The smallest absolute Gasteiger partial charge is 0.254 e. The molecule has 3 fully saturated rings. The zero-order valence-corrected chi connectivity index (χ0v) is 15.2. The van der Waals surface area contributed by atoms with Crippen LogP contribution in [0.15, 0.2) is 59.8 Å². The summed E-state index contributed by atoms with van der Waals surface area (Å²) in [7, 11) is -3.54. The monoisotopic (exact) mass is 371 g/mol. The Morgan fingerprint density at radius 3 is 2.42 bits per heavy atom. The number of nitrogens with zero attached hydrogens (tertiary/aromatic N) is 3. The second kappa shape index (κ2) is 6.81. The SMILES string of the molecule is O=C(c1ccncc1)N1C[C@H]2CC[C@@H](C1)N(S(=O)(=O)c1ccccc1)C2. The second-order valence-corrected chi connectivity index (χ2v) is 8.82. The van der Waals surface area contributed by atoms with Crippen LogP contribution < -0.4 is 0 Å². The number of pyridine rings is 1. The van der Waals surface area contributed by atoms with Gasteiger partial charge in [0.2, 0.25) is 10.0 Å². The lowest BCUT2D eigenvalue weighted by molar-refractivity contribution is 0.0746. The number of aromatic nitrogens is 1. The van der Waals surface area contributed by atoms with Crippen molar-refractivity contribution in [2.24, 2.45) is 5.92 Å². The summed E-state index contributed by atoms with van der Waals surface area (Å²) in [4.78, 5) is 18.9. The Bertz CT molecular complexity index is 887. The third-order valence-electron chi connectivity index (χ3n) is 5.23. The molecule has 0 radical (unpaired) electrons. The predicted molar refractivity (Wildman–Crippen MR) is 97.0 cm³/mol. The van der Waals surface area contributed by atoms with Crippen molar-refractivity contribution in [3.8, 4) is 0 Å². The van der Waals surface area contributed by atoms with Crippen LogP contribution in [0.4, 0.5) is 0 Å². The van der Waals surface area contributed by atoms with Gasteiger partial charge in [-0.05, 0) is 43.0 Å². The molecular formula is C19H21N3O3S. The highest BCUT2D eigenvalue weighted by atomic mass is 32.2. The highest BCUT2D eigenvalue weighted by molar-refractivity contribution is 7.89. The van der Waals surface area contributed by atoms with Crippen LogP contribution in [0, 0.1) is 5.92 Å². The Morgan fingerprint density at radius 2 is 1.69 bits per heavy atom. The number of amides is 1. The fourth-order valence-electron chi connectivity index (χ4n) is 3.90. The van der Waals surface area contributed by atoms with Crippen molar-refractivity contribution in [3.05, 3.63) is 60.4 Å². The van der Waals surface area contributed by atoms with Crippen molar-refractivity contribution in [3.63, 3.8) is 0 Å². The van der Waals surface area contributed by atoms with Crippen molar-refractivity contribution < 1.29 is 13.2 Å². The van der Waals surface area contributed by atoms with E-state index in [4.69, 9.17) is 0 Å². The van der Waals surface area contributed by atoms with E-state index in [9.17, 15) is 13.2 Å². The van der Waals surface area contributed by atoms with E-state index >= 15 is 0 Å². The Hall–Kier alpha value is -2.25. The van der Waals surface area contributed by atoms with E-state index in [1.165, 1.54) is 0 Å². The molecule has 136 valence electrons. The molecule has 1 aromatic heterocycles. The van der Waals surface area contributed by atoms with Gasteiger partial charge in [0.15, 0.2) is 0 Å². The number of fused-ring (bicyclic) bond motifs is 4. The van der Waals surface area contributed by atoms with Gasteiger partial charge in [-0.15, -0.1) is 0 Å². The van der Waals surface area contributed by atoms with Crippen molar-refractivity contribution >= 4 is 15.9 Å². The average molecular weight is 371 g/mol. The Balaban J connectivity index is 1.60. The minimum atomic E-state index is -3.54. The van der Waals surface area contributed by atoms with Crippen molar-refractivity contribution in [1.82, 2.24) is 14.2 Å². The number of hydrogen-bond acceptors (Lipinski definition) is 4. The molecule has 3 saturated heterocycles. The molecule has 3 aliphatic rings. The molecule has 2 atom stereocenters. The molecule has 2 aromatic rings. The molecule has 0 unspecified atom stereocenters. The Morgan fingerprint density at radius 1 is 0.962 bits per heavy atom. The van der Waals surface area contributed by atoms with Gasteiger partial charge in [0.05, 0.1) is 4.90 Å². The number of carbonyl (C=O) groups is 1. The third kappa shape index (κ3) is 3.12. The normalized spacial score (nSPS) is 23.6. The van der Waals surface area contributed by atoms with Crippen LogP contribution >= 0.6 is 0 Å². The lowest BCUT2D eigenvalue weighted by atomic mass is 9.97. The summed E-state index contributed by atoms with van der Waals surface area (Å²) >= 11 is 0. The molecule has 7 heteroatoms. The van der Waals surface area contributed by atoms with Crippen LogP contribution in [-0.2, 0) is 10.0 Å². The summed E-state index contributed by atoms with van der Waals surface area (Å²) in [5.74, 6) is 0.112. The van der Waals surface area contributed by atoms with E-state index < -0.39 is 10.0 Å². The van der Waals surface area contributed by atoms with Crippen molar-refractivity contribution in [2.75, 3.05) is 19.6 Å². The van der Waals surface area contributed by atoms with Gasteiger partial charge >= 0.3 is 0 Å². The molecule has 3 aliphatic heterocycles. The maximum absolute atomic E-state index is 13.1.